The van der Waals surface area contributed by atoms with E-state index < -0.39 is 10.9 Å². The second-order valence-corrected chi connectivity index (χ2v) is 5.27. The zero-order valence-electron chi connectivity index (χ0n) is 12.2. The Balaban J connectivity index is 3.16. The maximum atomic E-state index is 11.3. The Morgan fingerprint density at radius 3 is 2.45 bits per heavy atom. The van der Waals surface area contributed by atoms with Crippen molar-refractivity contribution in [2.45, 2.75) is 33.4 Å². The van der Waals surface area contributed by atoms with Crippen LogP contribution in [0.5, 0.6) is 0 Å². The fraction of sp³-hybridized carbons (Fsp3) is 0.500. The molecule has 0 radical (unpaired) electrons. The van der Waals surface area contributed by atoms with Crippen molar-refractivity contribution >= 4 is 11.7 Å². The van der Waals surface area contributed by atoms with Crippen molar-refractivity contribution in [3.63, 3.8) is 0 Å². The number of nitrogens with zero attached hydrogens (tertiary/aromatic N) is 2. The molecule has 0 aromatic heterocycles. The van der Waals surface area contributed by atoms with Gasteiger partial charge in [-0.1, -0.05) is 26.0 Å². The minimum atomic E-state index is -1.27. The molecule has 0 saturated heterocycles. The second-order valence-electron chi connectivity index (χ2n) is 5.27. The Hall–Kier alpha value is -1.95. The smallest absolute Gasteiger partial charge is 0.343 e. The van der Waals surface area contributed by atoms with Gasteiger partial charge in [-0.05, 0) is 25.5 Å². The Morgan fingerprint density at radius 1 is 1.40 bits per heavy atom. The highest BCUT2D eigenvalue weighted by Gasteiger charge is 2.25. The Labute approximate surface area is 118 Å². The quantitative estimate of drug-likeness (QED) is 0.640. The Morgan fingerprint density at radius 2 is 2.00 bits per heavy atom. The molecular formula is C14H20N2O4. The van der Waals surface area contributed by atoms with Crippen molar-refractivity contribution in [3.05, 3.63) is 39.4 Å². The minimum absolute atomic E-state index is 0.222. The summed E-state index contributed by atoms with van der Waals surface area (Å²) < 4.78 is 0. The number of carboxylic acids is 1. The van der Waals surface area contributed by atoms with Crippen molar-refractivity contribution in [2.24, 2.45) is 5.92 Å². The van der Waals surface area contributed by atoms with Gasteiger partial charge in [0.15, 0.2) is 0 Å². The van der Waals surface area contributed by atoms with Crippen molar-refractivity contribution in [1.82, 2.24) is 4.90 Å². The molecule has 110 valence electrons. The van der Waals surface area contributed by atoms with Gasteiger partial charge in [0.05, 0.1) is 4.92 Å². The lowest BCUT2D eigenvalue weighted by Gasteiger charge is -2.28. The number of aromatic carboxylic acids is 1. The summed E-state index contributed by atoms with van der Waals surface area (Å²) in [6.07, 6.45) is 0. The number of carboxylic acid groups (broad SMARTS) is 1. The van der Waals surface area contributed by atoms with Crippen LogP contribution < -0.4 is 0 Å². The van der Waals surface area contributed by atoms with Gasteiger partial charge in [0.25, 0.3) is 5.69 Å². The van der Waals surface area contributed by atoms with Crippen LogP contribution in [0.25, 0.3) is 0 Å². The van der Waals surface area contributed by atoms with E-state index in [0.29, 0.717) is 18.0 Å². The maximum Gasteiger partial charge on any atom is 0.343 e. The first-order chi connectivity index (χ1) is 9.25. The van der Waals surface area contributed by atoms with Gasteiger partial charge in [0, 0.05) is 18.7 Å². The van der Waals surface area contributed by atoms with Crippen LogP contribution in [-0.4, -0.2) is 34.0 Å². The van der Waals surface area contributed by atoms with Gasteiger partial charge in [-0.25, -0.2) is 4.79 Å². The summed E-state index contributed by atoms with van der Waals surface area (Å²) in [5, 5.41) is 20.2. The molecule has 1 rings (SSSR count). The molecule has 0 aliphatic heterocycles. The summed E-state index contributed by atoms with van der Waals surface area (Å²) >= 11 is 0. The van der Waals surface area contributed by atoms with Crippen LogP contribution in [0.1, 0.15) is 36.7 Å². The summed E-state index contributed by atoms with van der Waals surface area (Å²) in [7, 11) is 1.88. The molecule has 0 spiro atoms. The molecule has 0 bridgehead atoms. The first-order valence-electron chi connectivity index (χ1n) is 6.45. The van der Waals surface area contributed by atoms with E-state index in [2.05, 4.69) is 13.8 Å². The highest BCUT2D eigenvalue weighted by atomic mass is 16.6. The molecule has 1 aromatic carbocycles. The van der Waals surface area contributed by atoms with E-state index in [0.717, 1.165) is 0 Å². The molecule has 6 nitrogen and oxygen atoms in total. The van der Waals surface area contributed by atoms with Gasteiger partial charge in [-0.15, -0.1) is 0 Å². The molecule has 0 aliphatic carbocycles. The van der Waals surface area contributed by atoms with E-state index in [1.165, 1.54) is 12.1 Å². The molecule has 0 fully saturated rings. The molecule has 6 heteroatoms. The van der Waals surface area contributed by atoms with Gasteiger partial charge in [0.1, 0.15) is 5.56 Å². The third-order valence-corrected chi connectivity index (χ3v) is 3.62. The van der Waals surface area contributed by atoms with E-state index in [4.69, 9.17) is 0 Å². The molecule has 0 amide bonds. The molecule has 1 N–H and O–H groups in total. The molecule has 20 heavy (non-hydrogen) atoms. The van der Waals surface area contributed by atoms with Crippen LogP contribution in [0.15, 0.2) is 18.2 Å². The maximum absolute atomic E-state index is 11.3. The topological polar surface area (TPSA) is 83.7 Å². The van der Waals surface area contributed by atoms with Gasteiger partial charge >= 0.3 is 5.97 Å². The molecule has 0 saturated carbocycles. The lowest BCUT2D eigenvalue weighted by atomic mass is 10.0. The number of rotatable bonds is 6. The van der Waals surface area contributed by atoms with Gasteiger partial charge in [-0.3, -0.25) is 15.0 Å². The van der Waals surface area contributed by atoms with Crippen molar-refractivity contribution in [3.8, 4) is 0 Å². The van der Waals surface area contributed by atoms with Crippen LogP contribution in [0.2, 0.25) is 0 Å². The van der Waals surface area contributed by atoms with Crippen LogP contribution in [-0.2, 0) is 6.54 Å². The average molecular weight is 280 g/mol. The van der Waals surface area contributed by atoms with Crippen molar-refractivity contribution in [1.29, 1.82) is 0 Å². The van der Waals surface area contributed by atoms with E-state index >= 15 is 0 Å². The van der Waals surface area contributed by atoms with Gasteiger partial charge < -0.3 is 5.11 Å². The van der Waals surface area contributed by atoms with Crippen LogP contribution >= 0.6 is 0 Å². The van der Waals surface area contributed by atoms with Crippen LogP contribution in [0.4, 0.5) is 5.69 Å². The third kappa shape index (κ3) is 3.54. The number of benzene rings is 1. The van der Waals surface area contributed by atoms with Gasteiger partial charge in [-0.2, -0.15) is 0 Å². The van der Waals surface area contributed by atoms with E-state index in [9.17, 15) is 20.0 Å². The number of nitro groups is 1. The third-order valence-electron chi connectivity index (χ3n) is 3.62. The zero-order chi connectivity index (χ0) is 15.4. The predicted octanol–water partition coefficient (Wildman–Crippen LogP) is 2.77. The monoisotopic (exact) mass is 280 g/mol. The van der Waals surface area contributed by atoms with E-state index in [1.807, 2.05) is 18.9 Å². The SMILES string of the molecule is CC(C)C(C)N(C)Cc1cccc([N+](=O)[O-])c1C(=O)O. The van der Waals surface area contributed by atoms with E-state index in [-0.39, 0.29) is 17.3 Å². The normalized spacial score (nSPS) is 12.7. The fourth-order valence-corrected chi connectivity index (χ4v) is 2.04. The standard InChI is InChI=1S/C14H20N2O4/c1-9(2)10(3)15(4)8-11-6-5-7-12(16(19)20)13(11)14(17)18/h5-7,9-10H,8H2,1-4H3,(H,17,18). The summed E-state index contributed by atoms with van der Waals surface area (Å²) in [5.41, 5.74) is -0.123. The molecule has 1 atom stereocenters. The van der Waals surface area contributed by atoms with Crippen molar-refractivity contribution in [2.75, 3.05) is 7.05 Å². The Bertz CT molecular complexity index is 514. The minimum Gasteiger partial charge on any atom is -0.477 e. The molecule has 1 aromatic rings. The number of hydrogen-bond donors (Lipinski definition) is 1. The largest absolute Gasteiger partial charge is 0.477 e. The zero-order valence-corrected chi connectivity index (χ0v) is 12.2. The van der Waals surface area contributed by atoms with E-state index in [1.54, 1.807) is 6.07 Å². The molecule has 0 heterocycles. The molecule has 0 aliphatic rings. The summed E-state index contributed by atoms with van der Waals surface area (Å²) in [5.74, 6) is -0.857. The lowest BCUT2D eigenvalue weighted by molar-refractivity contribution is -0.385. The van der Waals surface area contributed by atoms with Crippen LogP contribution in [0.3, 0.4) is 0 Å². The summed E-state index contributed by atoms with van der Waals surface area (Å²) in [4.78, 5) is 23.6. The highest BCUT2D eigenvalue weighted by molar-refractivity contribution is 5.94. The molecule has 1 unspecified atom stereocenters. The number of hydrogen-bond acceptors (Lipinski definition) is 4. The first kappa shape index (κ1) is 16.1. The number of nitro benzene ring substituents is 1. The summed E-state index contributed by atoms with van der Waals surface area (Å²) in [6, 6.07) is 4.61. The fourth-order valence-electron chi connectivity index (χ4n) is 2.04. The Kier molecular flexibility index (Phi) is 5.21. The first-order valence-corrected chi connectivity index (χ1v) is 6.45. The van der Waals surface area contributed by atoms with Gasteiger partial charge in [0.2, 0.25) is 0 Å². The number of carbonyl (C=O) groups is 1. The second kappa shape index (κ2) is 6.47. The lowest BCUT2D eigenvalue weighted by Crippen LogP contribution is -2.33. The highest BCUT2D eigenvalue weighted by Crippen LogP contribution is 2.24. The van der Waals surface area contributed by atoms with Crippen LogP contribution in [0, 0.1) is 16.0 Å². The van der Waals surface area contributed by atoms with Crippen molar-refractivity contribution < 1.29 is 14.8 Å². The average Bonchev–Trinajstić information content (AvgIpc) is 2.36. The predicted molar refractivity (Wildman–Crippen MR) is 75.8 cm³/mol. The molecular weight excluding hydrogens is 260 g/mol. The summed E-state index contributed by atoms with van der Waals surface area (Å²) in [6.45, 7) is 6.56.